The van der Waals surface area contributed by atoms with Crippen LogP contribution in [0.3, 0.4) is 0 Å². The second kappa shape index (κ2) is 10.3. The number of amidine groups is 1. The van der Waals surface area contributed by atoms with E-state index in [2.05, 4.69) is 10.3 Å². The highest BCUT2D eigenvalue weighted by Gasteiger charge is 2.24. The first-order valence-electron chi connectivity index (χ1n) is 10.0. The fraction of sp³-hybridized carbons (Fsp3) is 0.120. The molecule has 0 aromatic heterocycles. The molecule has 1 aliphatic heterocycles. The van der Waals surface area contributed by atoms with Gasteiger partial charge in [0.05, 0.1) is 17.7 Å². The molecule has 0 atom stereocenters. The van der Waals surface area contributed by atoms with E-state index < -0.39 is 0 Å². The lowest BCUT2D eigenvalue weighted by atomic mass is 10.2. The van der Waals surface area contributed by atoms with Gasteiger partial charge in [-0.25, -0.2) is 4.99 Å². The summed E-state index contributed by atoms with van der Waals surface area (Å²) in [6, 6.07) is 18.5. The van der Waals surface area contributed by atoms with Crippen molar-refractivity contribution in [1.82, 2.24) is 5.32 Å². The van der Waals surface area contributed by atoms with Crippen LogP contribution in [0, 0.1) is 6.92 Å². The molecule has 0 saturated carbocycles. The maximum absolute atomic E-state index is 12.4. The number of benzene rings is 3. The van der Waals surface area contributed by atoms with Gasteiger partial charge >= 0.3 is 0 Å². The molecule has 3 aromatic rings. The van der Waals surface area contributed by atoms with Gasteiger partial charge in [0.1, 0.15) is 6.61 Å². The minimum atomic E-state index is -0.192. The third-order valence-electron chi connectivity index (χ3n) is 4.80. The van der Waals surface area contributed by atoms with Crippen LogP contribution in [0.5, 0.6) is 11.5 Å². The molecule has 1 saturated heterocycles. The number of halogens is 2. The number of thioether (sulfide) groups is 1. The Kier molecular flexibility index (Phi) is 7.28. The number of carbonyl (C=O) groups excluding carboxylic acids is 1. The largest absolute Gasteiger partial charge is 0.493 e. The molecule has 168 valence electrons. The molecule has 0 radical (unpaired) electrons. The summed E-state index contributed by atoms with van der Waals surface area (Å²) in [5.41, 5.74) is 3.56. The monoisotopic (exact) mass is 498 g/mol. The third kappa shape index (κ3) is 5.90. The van der Waals surface area contributed by atoms with Crippen LogP contribution in [0.1, 0.15) is 16.7 Å². The Morgan fingerprint density at radius 3 is 2.55 bits per heavy atom. The lowest BCUT2D eigenvalue weighted by Gasteiger charge is -2.12. The second-order valence-corrected chi connectivity index (χ2v) is 9.13. The van der Waals surface area contributed by atoms with Gasteiger partial charge in [0.15, 0.2) is 16.7 Å². The third-order valence-corrected chi connectivity index (χ3v) is 6.30. The van der Waals surface area contributed by atoms with E-state index in [9.17, 15) is 4.79 Å². The van der Waals surface area contributed by atoms with Crippen molar-refractivity contribution in [1.29, 1.82) is 0 Å². The van der Waals surface area contributed by atoms with E-state index >= 15 is 0 Å². The Bertz CT molecular complexity index is 1260. The van der Waals surface area contributed by atoms with E-state index in [1.54, 1.807) is 31.4 Å². The summed E-state index contributed by atoms with van der Waals surface area (Å²) in [5.74, 6) is 0.921. The molecule has 5 nitrogen and oxygen atoms in total. The Hall–Kier alpha value is -2.93. The number of aryl methyl sites for hydroxylation is 1. The normalized spacial score (nSPS) is 15.7. The summed E-state index contributed by atoms with van der Waals surface area (Å²) in [5, 5.41) is 4.45. The number of ether oxygens (including phenoxy) is 2. The van der Waals surface area contributed by atoms with Gasteiger partial charge in [-0.05, 0) is 66.7 Å². The topological polar surface area (TPSA) is 59.9 Å². The number of aliphatic imine (C=N–C) groups is 1. The van der Waals surface area contributed by atoms with Crippen molar-refractivity contribution in [3.8, 4) is 11.5 Å². The van der Waals surface area contributed by atoms with Crippen molar-refractivity contribution in [3.05, 3.63) is 92.3 Å². The average Bonchev–Trinajstić information content (AvgIpc) is 3.13. The molecule has 0 bridgehead atoms. The van der Waals surface area contributed by atoms with Crippen molar-refractivity contribution in [2.24, 2.45) is 4.99 Å². The standard InChI is InChI=1S/C25H20Cl2N2O3S/c1-15-3-8-19(9-4-15)28-25-29-24(30)23(33-25)12-16-5-10-21(22(11-16)31-2)32-14-17-6-7-18(26)13-20(17)27/h3-13H,14H2,1-2H3,(H,28,29,30)/b23-12+. The van der Waals surface area contributed by atoms with E-state index in [0.717, 1.165) is 22.4 Å². The predicted molar refractivity (Wildman–Crippen MR) is 136 cm³/mol. The van der Waals surface area contributed by atoms with Crippen molar-refractivity contribution < 1.29 is 14.3 Å². The molecule has 0 aliphatic carbocycles. The first kappa shape index (κ1) is 23.2. The van der Waals surface area contributed by atoms with Gasteiger partial charge in [-0.3, -0.25) is 4.79 Å². The average molecular weight is 499 g/mol. The Morgan fingerprint density at radius 1 is 1.03 bits per heavy atom. The minimum Gasteiger partial charge on any atom is -0.493 e. The molecule has 1 N–H and O–H groups in total. The summed E-state index contributed by atoms with van der Waals surface area (Å²) in [6.45, 7) is 2.28. The van der Waals surface area contributed by atoms with Crippen molar-refractivity contribution >= 4 is 57.8 Å². The zero-order valence-corrected chi connectivity index (χ0v) is 20.2. The number of nitrogens with one attached hydrogen (secondary N) is 1. The SMILES string of the molecule is COc1cc(/C=C2/SC(=Nc3ccc(C)cc3)NC2=O)ccc1OCc1ccc(Cl)cc1Cl. The highest BCUT2D eigenvalue weighted by molar-refractivity contribution is 8.18. The molecule has 1 aliphatic rings. The molecule has 33 heavy (non-hydrogen) atoms. The molecule has 1 amide bonds. The van der Waals surface area contributed by atoms with Crippen LogP contribution in [0.15, 0.2) is 70.6 Å². The molecular weight excluding hydrogens is 479 g/mol. The van der Waals surface area contributed by atoms with Gasteiger partial charge < -0.3 is 14.8 Å². The first-order chi connectivity index (χ1) is 15.9. The molecule has 4 rings (SSSR count). The van der Waals surface area contributed by atoms with Gasteiger partial charge in [-0.1, -0.05) is 53.0 Å². The number of amides is 1. The van der Waals surface area contributed by atoms with Crippen LogP contribution < -0.4 is 14.8 Å². The van der Waals surface area contributed by atoms with Crippen molar-refractivity contribution in [3.63, 3.8) is 0 Å². The van der Waals surface area contributed by atoms with Gasteiger partial charge in [-0.2, -0.15) is 0 Å². The lowest BCUT2D eigenvalue weighted by Crippen LogP contribution is -2.19. The molecule has 0 spiro atoms. The predicted octanol–water partition coefficient (Wildman–Crippen LogP) is 6.78. The smallest absolute Gasteiger partial charge is 0.264 e. The van der Waals surface area contributed by atoms with Gasteiger partial charge in [0.2, 0.25) is 0 Å². The van der Waals surface area contributed by atoms with Gasteiger partial charge in [0, 0.05) is 15.6 Å². The quantitative estimate of drug-likeness (QED) is 0.380. The fourth-order valence-electron chi connectivity index (χ4n) is 3.06. The van der Waals surface area contributed by atoms with Crippen LogP contribution in [-0.4, -0.2) is 18.2 Å². The van der Waals surface area contributed by atoms with E-state index in [1.165, 1.54) is 11.8 Å². The van der Waals surface area contributed by atoms with Gasteiger partial charge in [-0.15, -0.1) is 0 Å². The Balaban J connectivity index is 1.48. The zero-order valence-electron chi connectivity index (χ0n) is 17.9. The summed E-state index contributed by atoms with van der Waals surface area (Å²) < 4.78 is 11.4. The molecule has 1 heterocycles. The molecule has 3 aromatic carbocycles. The molecule has 8 heteroatoms. The maximum Gasteiger partial charge on any atom is 0.264 e. The minimum absolute atomic E-state index is 0.192. The van der Waals surface area contributed by atoms with Crippen LogP contribution in [0.2, 0.25) is 10.0 Å². The van der Waals surface area contributed by atoms with Gasteiger partial charge in [0.25, 0.3) is 5.91 Å². The van der Waals surface area contributed by atoms with Crippen molar-refractivity contribution in [2.45, 2.75) is 13.5 Å². The number of methoxy groups -OCH3 is 1. The summed E-state index contributed by atoms with van der Waals surface area (Å²) in [6.07, 6.45) is 1.79. The van der Waals surface area contributed by atoms with Crippen LogP contribution in [0.4, 0.5) is 5.69 Å². The Morgan fingerprint density at radius 2 is 1.82 bits per heavy atom. The van der Waals surface area contributed by atoms with E-state index in [0.29, 0.717) is 31.6 Å². The molecule has 1 fully saturated rings. The van der Waals surface area contributed by atoms with E-state index in [4.69, 9.17) is 32.7 Å². The molecule has 0 unspecified atom stereocenters. The van der Waals surface area contributed by atoms with E-state index in [1.807, 2.05) is 49.4 Å². The number of hydrogen-bond donors (Lipinski definition) is 1. The van der Waals surface area contributed by atoms with Crippen LogP contribution >= 0.6 is 35.0 Å². The molecular formula is C25H20Cl2N2O3S. The van der Waals surface area contributed by atoms with E-state index in [-0.39, 0.29) is 12.5 Å². The summed E-state index contributed by atoms with van der Waals surface area (Å²) in [7, 11) is 1.57. The summed E-state index contributed by atoms with van der Waals surface area (Å²) in [4.78, 5) is 17.5. The second-order valence-electron chi connectivity index (χ2n) is 7.25. The number of nitrogens with zero attached hydrogens (tertiary/aromatic N) is 1. The highest BCUT2D eigenvalue weighted by Crippen LogP contribution is 2.33. The van der Waals surface area contributed by atoms with Crippen LogP contribution in [-0.2, 0) is 11.4 Å². The zero-order chi connectivity index (χ0) is 23.4. The first-order valence-corrected chi connectivity index (χ1v) is 11.6. The summed E-state index contributed by atoms with van der Waals surface area (Å²) >= 11 is 13.5. The fourth-order valence-corrected chi connectivity index (χ4v) is 4.36. The van der Waals surface area contributed by atoms with Crippen LogP contribution in [0.25, 0.3) is 6.08 Å². The number of rotatable bonds is 6. The number of carbonyl (C=O) groups is 1. The number of hydrogen-bond acceptors (Lipinski definition) is 5. The Labute approximate surface area is 206 Å². The highest BCUT2D eigenvalue weighted by atomic mass is 35.5. The van der Waals surface area contributed by atoms with Crippen molar-refractivity contribution in [2.75, 3.05) is 7.11 Å². The maximum atomic E-state index is 12.4. The lowest BCUT2D eigenvalue weighted by molar-refractivity contribution is -0.115.